The molecule has 3 aliphatic rings. The lowest BCUT2D eigenvalue weighted by Crippen LogP contribution is -2.19. The van der Waals surface area contributed by atoms with Crippen LogP contribution in [-0.2, 0) is 0 Å². The van der Waals surface area contributed by atoms with E-state index in [1.807, 2.05) is 6.07 Å². The van der Waals surface area contributed by atoms with Gasteiger partial charge in [0.2, 0.25) is 6.79 Å². The number of nitrogens with one attached hydrogen (secondary N) is 1. The van der Waals surface area contributed by atoms with E-state index in [1.165, 1.54) is 24.8 Å². The zero-order chi connectivity index (χ0) is 12.1. The van der Waals surface area contributed by atoms with Crippen LogP contribution in [0.3, 0.4) is 0 Å². The van der Waals surface area contributed by atoms with Crippen LogP contribution in [0.4, 0.5) is 0 Å². The second-order valence-corrected chi connectivity index (χ2v) is 5.93. The van der Waals surface area contributed by atoms with Crippen LogP contribution in [0, 0.1) is 5.92 Å². The molecule has 1 heterocycles. The highest BCUT2D eigenvalue weighted by Gasteiger charge is 2.40. The Morgan fingerprint density at radius 2 is 2.17 bits per heavy atom. The summed E-state index contributed by atoms with van der Waals surface area (Å²) < 4.78 is 10.8. The lowest BCUT2D eigenvalue weighted by atomic mass is 10.1. The second kappa shape index (κ2) is 4.04. The molecule has 3 nitrogen and oxygen atoms in total. The molecule has 2 saturated carbocycles. The summed E-state index contributed by atoms with van der Waals surface area (Å²) in [6.07, 6.45) is 3.97. The number of ether oxygens (including phenoxy) is 2. The molecule has 0 saturated heterocycles. The fourth-order valence-electron chi connectivity index (χ4n) is 2.69. The third-order valence-corrected chi connectivity index (χ3v) is 4.33. The van der Waals surface area contributed by atoms with Gasteiger partial charge in [0.1, 0.15) is 0 Å². The van der Waals surface area contributed by atoms with Gasteiger partial charge in [0.05, 0.1) is 5.02 Å². The number of hydrogen-bond donors (Lipinski definition) is 1. The third kappa shape index (κ3) is 1.95. The first kappa shape index (κ1) is 10.9. The Hall–Kier alpha value is -0.930. The molecule has 0 bridgehead atoms. The summed E-state index contributed by atoms with van der Waals surface area (Å²) in [6, 6.07) is 4.93. The minimum absolute atomic E-state index is 0.288. The third-order valence-electron chi connectivity index (χ3n) is 4.05. The van der Waals surface area contributed by atoms with Crippen molar-refractivity contribution in [2.24, 2.45) is 5.92 Å². The number of fused-ring (bicyclic) bond motifs is 1. The lowest BCUT2D eigenvalue weighted by molar-refractivity contribution is 0.174. The summed E-state index contributed by atoms with van der Waals surface area (Å²) in [4.78, 5) is 0. The van der Waals surface area contributed by atoms with Gasteiger partial charge in [-0.2, -0.15) is 0 Å². The van der Waals surface area contributed by atoms with Crippen LogP contribution in [0.15, 0.2) is 12.1 Å². The molecule has 1 aliphatic heterocycles. The van der Waals surface area contributed by atoms with Gasteiger partial charge in [0, 0.05) is 6.04 Å². The largest absolute Gasteiger partial charge is 0.454 e. The van der Waals surface area contributed by atoms with E-state index in [0.29, 0.717) is 16.7 Å². The van der Waals surface area contributed by atoms with Crippen LogP contribution >= 0.6 is 11.6 Å². The zero-order valence-corrected chi connectivity index (χ0v) is 10.9. The van der Waals surface area contributed by atoms with Gasteiger partial charge in [-0.15, -0.1) is 0 Å². The number of rotatable bonds is 4. The summed E-state index contributed by atoms with van der Waals surface area (Å²) in [5.41, 5.74) is 1.30. The molecule has 0 amide bonds. The highest BCUT2D eigenvalue weighted by Crippen LogP contribution is 2.51. The Kier molecular flexibility index (Phi) is 2.45. The fraction of sp³-hybridized carbons (Fsp3) is 0.571. The first-order valence-corrected chi connectivity index (χ1v) is 7.01. The van der Waals surface area contributed by atoms with Crippen molar-refractivity contribution in [3.8, 4) is 11.5 Å². The van der Waals surface area contributed by atoms with Crippen LogP contribution < -0.4 is 14.8 Å². The van der Waals surface area contributed by atoms with Crippen LogP contribution in [0.5, 0.6) is 11.5 Å². The van der Waals surface area contributed by atoms with E-state index in [1.54, 1.807) is 0 Å². The van der Waals surface area contributed by atoms with Crippen molar-refractivity contribution in [3.05, 3.63) is 22.7 Å². The normalized spacial score (nSPS) is 28.5. The molecule has 2 atom stereocenters. The van der Waals surface area contributed by atoms with Gasteiger partial charge in [-0.25, -0.2) is 0 Å². The predicted octanol–water partition coefficient (Wildman–Crippen LogP) is 2.92. The SMILES string of the molecule is Clc1cc(C2CC2CNC2CC2)cc2c1OCO2. The Bertz CT molecular complexity index is 487. The van der Waals surface area contributed by atoms with E-state index in [2.05, 4.69) is 11.4 Å². The van der Waals surface area contributed by atoms with Gasteiger partial charge in [-0.05, 0) is 55.3 Å². The maximum absolute atomic E-state index is 6.21. The standard InChI is InChI=1S/C14H16ClNO2/c15-12-4-8(5-13-14(12)18-7-17-13)11-3-9(11)6-16-10-1-2-10/h4-5,9-11,16H,1-3,6-7H2. The molecule has 1 aromatic carbocycles. The molecule has 2 unspecified atom stereocenters. The molecule has 96 valence electrons. The van der Waals surface area contributed by atoms with E-state index >= 15 is 0 Å². The van der Waals surface area contributed by atoms with Gasteiger partial charge >= 0.3 is 0 Å². The summed E-state index contributed by atoms with van der Waals surface area (Å²) in [5.74, 6) is 2.91. The van der Waals surface area contributed by atoms with Crippen molar-refractivity contribution >= 4 is 11.6 Å². The van der Waals surface area contributed by atoms with Crippen molar-refractivity contribution < 1.29 is 9.47 Å². The molecular weight excluding hydrogens is 250 g/mol. The van der Waals surface area contributed by atoms with E-state index in [4.69, 9.17) is 21.1 Å². The maximum Gasteiger partial charge on any atom is 0.231 e. The monoisotopic (exact) mass is 265 g/mol. The zero-order valence-electron chi connectivity index (χ0n) is 10.1. The summed E-state index contributed by atoms with van der Waals surface area (Å²) in [5, 5.41) is 4.28. The molecule has 0 radical (unpaired) electrons. The summed E-state index contributed by atoms with van der Waals surface area (Å²) in [7, 11) is 0. The average molecular weight is 266 g/mol. The number of benzene rings is 1. The second-order valence-electron chi connectivity index (χ2n) is 5.52. The lowest BCUT2D eigenvalue weighted by Gasteiger charge is -2.05. The van der Waals surface area contributed by atoms with Crippen molar-refractivity contribution in [3.63, 3.8) is 0 Å². The summed E-state index contributed by atoms with van der Waals surface area (Å²) >= 11 is 6.21. The van der Waals surface area contributed by atoms with Gasteiger partial charge < -0.3 is 14.8 Å². The predicted molar refractivity (Wildman–Crippen MR) is 69.4 cm³/mol. The van der Waals surface area contributed by atoms with E-state index in [9.17, 15) is 0 Å². The smallest absolute Gasteiger partial charge is 0.231 e. The first-order chi connectivity index (χ1) is 8.81. The van der Waals surface area contributed by atoms with E-state index in [0.717, 1.165) is 24.3 Å². The molecule has 0 spiro atoms. The van der Waals surface area contributed by atoms with Crippen LogP contribution in [0.2, 0.25) is 5.02 Å². The quantitative estimate of drug-likeness (QED) is 0.908. The maximum atomic E-state index is 6.21. The molecule has 1 aromatic rings. The van der Waals surface area contributed by atoms with Crippen molar-refractivity contribution in [2.45, 2.75) is 31.2 Å². The fourth-order valence-corrected chi connectivity index (χ4v) is 2.96. The molecule has 0 aromatic heterocycles. The van der Waals surface area contributed by atoms with Crippen LogP contribution in [-0.4, -0.2) is 19.4 Å². The highest BCUT2D eigenvalue weighted by atomic mass is 35.5. The number of hydrogen-bond acceptors (Lipinski definition) is 3. The summed E-state index contributed by atoms with van der Waals surface area (Å²) in [6.45, 7) is 1.43. The molecule has 2 fully saturated rings. The van der Waals surface area contributed by atoms with Gasteiger partial charge in [-0.1, -0.05) is 11.6 Å². The topological polar surface area (TPSA) is 30.5 Å². The first-order valence-electron chi connectivity index (χ1n) is 6.63. The van der Waals surface area contributed by atoms with Gasteiger partial charge in [-0.3, -0.25) is 0 Å². The minimum Gasteiger partial charge on any atom is -0.454 e. The Morgan fingerprint density at radius 3 is 3.00 bits per heavy atom. The van der Waals surface area contributed by atoms with Crippen LogP contribution in [0.25, 0.3) is 0 Å². The Balaban J connectivity index is 1.47. The number of halogens is 1. The average Bonchev–Trinajstić information content (AvgIpc) is 3.25. The van der Waals surface area contributed by atoms with E-state index in [-0.39, 0.29) is 6.79 Å². The Labute approximate surface area is 111 Å². The van der Waals surface area contributed by atoms with Gasteiger partial charge in [0.15, 0.2) is 11.5 Å². The Morgan fingerprint density at radius 1 is 1.28 bits per heavy atom. The van der Waals surface area contributed by atoms with Crippen molar-refractivity contribution in [2.75, 3.05) is 13.3 Å². The molecule has 2 aliphatic carbocycles. The highest BCUT2D eigenvalue weighted by molar-refractivity contribution is 6.32. The van der Waals surface area contributed by atoms with Crippen LogP contribution in [0.1, 0.15) is 30.7 Å². The molecule has 4 rings (SSSR count). The minimum atomic E-state index is 0.288. The molecular formula is C14H16ClNO2. The van der Waals surface area contributed by atoms with E-state index < -0.39 is 0 Å². The van der Waals surface area contributed by atoms with Crippen molar-refractivity contribution in [1.29, 1.82) is 0 Å². The van der Waals surface area contributed by atoms with Gasteiger partial charge in [0.25, 0.3) is 0 Å². The molecule has 4 heteroatoms. The molecule has 18 heavy (non-hydrogen) atoms. The van der Waals surface area contributed by atoms with Crippen molar-refractivity contribution in [1.82, 2.24) is 5.32 Å². The molecule has 1 N–H and O–H groups in total.